The van der Waals surface area contributed by atoms with E-state index < -0.39 is 5.60 Å². The number of fused-ring (bicyclic) bond motifs is 4. The molecule has 1 aliphatic heterocycles. The van der Waals surface area contributed by atoms with Gasteiger partial charge in [-0.05, 0) is 92.4 Å². The second-order valence-corrected chi connectivity index (χ2v) is 12.8. The molecule has 6 rings (SSSR count). The molecule has 4 nitrogen and oxygen atoms in total. The minimum Gasteiger partial charge on any atom is -0.385 e. The Morgan fingerprint density at radius 1 is 0.967 bits per heavy atom. The maximum atomic E-state index is 12.9. The summed E-state index contributed by atoms with van der Waals surface area (Å²) in [7, 11) is 0. The highest BCUT2D eigenvalue weighted by Gasteiger charge is 2.62. The van der Waals surface area contributed by atoms with Gasteiger partial charge in [0.25, 0.3) is 0 Å². The van der Waals surface area contributed by atoms with Crippen LogP contribution in [-0.2, 0) is 14.6 Å². The highest BCUT2D eigenvalue weighted by atomic mass is 17.2. The third-order valence-corrected chi connectivity index (χ3v) is 9.97. The van der Waals surface area contributed by atoms with Gasteiger partial charge in [0, 0.05) is 18.3 Å². The molecule has 4 saturated carbocycles. The average Bonchev–Trinajstić information content (AvgIpc) is 3.45. The summed E-state index contributed by atoms with van der Waals surface area (Å²) in [6, 6.07) is 0. The first kappa shape index (κ1) is 19.9. The number of aliphatic hydroxyl groups is 1. The van der Waals surface area contributed by atoms with Gasteiger partial charge in [-0.25, -0.2) is 9.78 Å². The summed E-state index contributed by atoms with van der Waals surface area (Å²) in [5, 5.41) is 12.0. The lowest BCUT2D eigenvalue weighted by Crippen LogP contribution is -2.56. The van der Waals surface area contributed by atoms with E-state index >= 15 is 0 Å². The van der Waals surface area contributed by atoms with Crippen LogP contribution in [-0.4, -0.2) is 28.7 Å². The molecule has 1 saturated heterocycles. The van der Waals surface area contributed by atoms with Crippen molar-refractivity contribution in [2.24, 2.45) is 34.5 Å². The molecule has 0 aromatic heterocycles. The van der Waals surface area contributed by atoms with Crippen molar-refractivity contribution in [3.63, 3.8) is 0 Å². The van der Waals surface area contributed by atoms with Gasteiger partial charge >= 0.3 is 0 Å². The maximum absolute atomic E-state index is 12.9. The Hall–Kier alpha value is -0.710. The molecule has 166 valence electrons. The summed E-state index contributed by atoms with van der Waals surface area (Å²) in [6.07, 6.45) is 10.8. The lowest BCUT2D eigenvalue weighted by molar-refractivity contribution is -0.414. The fourth-order valence-electron chi connectivity index (χ4n) is 8.64. The number of hydrogen-bond donors (Lipinski definition) is 1. The van der Waals surface area contributed by atoms with Crippen LogP contribution >= 0.6 is 0 Å². The Morgan fingerprint density at radius 3 is 2.50 bits per heavy atom. The van der Waals surface area contributed by atoms with Crippen LogP contribution in [0.1, 0.15) is 91.4 Å². The summed E-state index contributed by atoms with van der Waals surface area (Å²) < 4.78 is 0. The minimum atomic E-state index is -0.746. The maximum Gasteiger partial charge on any atom is 0.139 e. The van der Waals surface area contributed by atoms with Gasteiger partial charge in [0.15, 0.2) is 0 Å². The van der Waals surface area contributed by atoms with E-state index in [0.717, 1.165) is 57.3 Å². The highest BCUT2D eigenvalue weighted by molar-refractivity contribution is 5.87. The standard InChI is InChI=1S/C26H38O4/c1-23(2)13-25(30-29-15-23)10-9-20-22-17(8-11-26(20,28)14-25)19-6-7-21(27)24(19,3)12-18(22)16-4-5-16/h16-19,28H,4-15H2,1-3H3/t17-,18+,19-,24-,25?,26+/m0/s1. The zero-order valence-corrected chi connectivity index (χ0v) is 19.0. The summed E-state index contributed by atoms with van der Waals surface area (Å²) in [4.78, 5) is 24.5. The second-order valence-electron chi connectivity index (χ2n) is 12.8. The van der Waals surface area contributed by atoms with Gasteiger partial charge in [0.2, 0.25) is 0 Å². The molecule has 5 fully saturated rings. The zero-order valence-electron chi connectivity index (χ0n) is 19.0. The van der Waals surface area contributed by atoms with Crippen LogP contribution in [0.2, 0.25) is 0 Å². The van der Waals surface area contributed by atoms with E-state index in [-0.39, 0.29) is 16.4 Å². The summed E-state index contributed by atoms with van der Waals surface area (Å²) >= 11 is 0. The van der Waals surface area contributed by atoms with Crippen LogP contribution in [0.3, 0.4) is 0 Å². The van der Waals surface area contributed by atoms with Gasteiger partial charge < -0.3 is 5.11 Å². The van der Waals surface area contributed by atoms with Crippen LogP contribution < -0.4 is 0 Å². The lowest BCUT2D eigenvalue weighted by atomic mass is 9.50. The van der Waals surface area contributed by atoms with Gasteiger partial charge in [-0.3, -0.25) is 4.79 Å². The Morgan fingerprint density at radius 2 is 1.77 bits per heavy atom. The minimum absolute atomic E-state index is 0.0872. The third-order valence-electron chi connectivity index (χ3n) is 9.97. The fraction of sp³-hybridized carbons (Fsp3) is 0.885. The Labute approximate surface area is 180 Å². The van der Waals surface area contributed by atoms with Gasteiger partial charge in [-0.2, -0.15) is 0 Å². The molecule has 0 bridgehead atoms. The number of carbonyl (C=O) groups is 1. The van der Waals surface area contributed by atoms with Crippen LogP contribution in [0.25, 0.3) is 0 Å². The number of allylic oxidation sites excluding steroid dienone is 1. The number of carbonyl (C=O) groups excluding carboxylic acids is 1. The molecule has 6 atom stereocenters. The van der Waals surface area contributed by atoms with E-state index in [2.05, 4.69) is 20.8 Å². The van der Waals surface area contributed by atoms with Crippen LogP contribution in [0.15, 0.2) is 11.1 Å². The SMILES string of the molecule is CC1(C)COOC2(CCC3=C4[C@@H](CC[C@@]3(O)C2)[C@@H]2CCC(=O)[C@@]2(C)C[C@@H]4C2CC2)C1. The number of rotatable bonds is 1. The van der Waals surface area contributed by atoms with Crippen molar-refractivity contribution < 1.29 is 19.7 Å². The molecule has 0 aromatic carbocycles. The van der Waals surface area contributed by atoms with Crippen molar-refractivity contribution in [3.8, 4) is 0 Å². The average molecular weight is 415 g/mol. The van der Waals surface area contributed by atoms with E-state index in [0.29, 0.717) is 36.6 Å². The topological polar surface area (TPSA) is 55.8 Å². The van der Waals surface area contributed by atoms with E-state index in [4.69, 9.17) is 9.78 Å². The Kier molecular flexibility index (Phi) is 4.12. The van der Waals surface area contributed by atoms with E-state index in [1.54, 1.807) is 5.57 Å². The monoisotopic (exact) mass is 414 g/mol. The van der Waals surface area contributed by atoms with Gasteiger partial charge in [-0.1, -0.05) is 26.3 Å². The first-order chi connectivity index (χ1) is 14.1. The van der Waals surface area contributed by atoms with Gasteiger partial charge in [-0.15, -0.1) is 0 Å². The summed E-state index contributed by atoms with van der Waals surface area (Å²) in [5.74, 6) is 2.79. The summed E-state index contributed by atoms with van der Waals surface area (Å²) in [6.45, 7) is 7.39. The van der Waals surface area contributed by atoms with E-state index in [1.165, 1.54) is 18.4 Å². The first-order valence-electron chi connectivity index (χ1n) is 12.4. The normalized spacial score (nSPS) is 50.3. The van der Waals surface area contributed by atoms with Gasteiger partial charge in [0.05, 0.1) is 12.2 Å². The number of Topliss-reactive ketones (excluding diaryl/α,β-unsaturated/α-hetero) is 1. The second kappa shape index (κ2) is 6.20. The van der Waals surface area contributed by atoms with Crippen molar-refractivity contribution in [2.75, 3.05) is 6.61 Å². The van der Waals surface area contributed by atoms with Crippen molar-refractivity contribution in [1.82, 2.24) is 0 Å². The largest absolute Gasteiger partial charge is 0.385 e. The Balaban J connectivity index is 1.39. The lowest BCUT2D eigenvalue weighted by Gasteiger charge is -2.57. The predicted molar refractivity (Wildman–Crippen MR) is 113 cm³/mol. The van der Waals surface area contributed by atoms with Crippen LogP contribution in [0, 0.1) is 34.5 Å². The van der Waals surface area contributed by atoms with Crippen LogP contribution in [0.4, 0.5) is 0 Å². The van der Waals surface area contributed by atoms with Crippen molar-refractivity contribution >= 4 is 5.78 Å². The molecule has 0 aromatic rings. The molecule has 0 amide bonds. The molecule has 0 radical (unpaired) electrons. The molecule has 1 unspecified atom stereocenters. The number of ketones is 1. The van der Waals surface area contributed by atoms with Gasteiger partial charge in [0.1, 0.15) is 11.4 Å². The smallest absolute Gasteiger partial charge is 0.139 e. The molecule has 5 aliphatic carbocycles. The molecule has 30 heavy (non-hydrogen) atoms. The van der Waals surface area contributed by atoms with Crippen molar-refractivity contribution in [2.45, 2.75) is 103 Å². The zero-order chi connectivity index (χ0) is 20.9. The summed E-state index contributed by atoms with van der Waals surface area (Å²) in [5.41, 5.74) is 1.84. The molecule has 1 heterocycles. The quantitative estimate of drug-likeness (QED) is 0.477. The highest BCUT2D eigenvalue weighted by Crippen LogP contribution is 2.66. The molecular weight excluding hydrogens is 376 g/mol. The molecule has 4 heteroatoms. The van der Waals surface area contributed by atoms with Crippen molar-refractivity contribution in [3.05, 3.63) is 11.1 Å². The molecule has 1 spiro atoms. The fourth-order valence-corrected chi connectivity index (χ4v) is 8.64. The Bertz CT molecular complexity index is 810. The number of hydrogen-bond acceptors (Lipinski definition) is 4. The predicted octanol–water partition coefficient (Wildman–Crippen LogP) is 5.14. The molecular formula is C26H38O4. The first-order valence-corrected chi connectivity index (χ1v) is 12.4. The molecule has 6 aliphatic rings. The van der Waals surface area contributed by atoms with Crippen molar-refractivity contribution in [1.29, 1.82) is 0 Å². The molecule has 1 N–H and O–H groups in total. The van der Waals surface area contributed by atoms with E-state index in [9.17, 15) is 9.90 Å². The van der Waals surface area contributed by atoms with Crippen LogP contribution in [0.5, 0.6) is 0 Å². The van der Waals surface area contributed by atoms with E-state index in [1.807, 2.05) is 0 Å². The third kappa shape index (κ3) is 2.79.